The largest absolute Gasteiger partial charge is 0.490 e. The quantitative estimate of drug-likeness (QED) is 0.553. The number of nitrogens with zero attached hydrogens (tertiary/aromatic N) is 2. The van der Waals surface area contributed by atoms with Gasteiger partial charge in [-0.1, -0.05) is 0 Å². The normalized spacial score (nSPS) is 18.3. The van der Waals surface area contributed by atoms with E-state index in [9.17, 15) is 35.9 Å². The molecule has 2 aliphatic heterocycles. The highest BCUT2D eigenvalue weighted by Gasteiger charge is 2.38. The van der Waals surface area contributed by atoms with Crippen molar-refractivity contribution in [1.29, 1.82) is 0 Å². The topological polar surface area (TPSA) is 99.2 Å². The van der Waals surface area contributed by atoms with Gasteiger partial charge in [0.05, 0.1) is 11.7 Å². The zero-order chi connectivity index (χ0) is 26.9. The number of rotatable bonds is 6. The summed E-state index contributed by atoms with van der Waals surface area (Å²) in [6, 6.07) is 4.18. The van der Waals surface area contributed by atoms with E-state index in [1.165, 1.54) is 17.0 Å². The van der Waals surface area contributed by atoms with Crippen LogP contribution >= 0.6 is 0 Å². The standard InChI is InChI=1S/C20H26F3N3O3.C2HF3O2/c21-20(22,23)16-5-3-15(4-6-16)19(28)26(14-17-2-1-13-29-17)10-7-18(27)25-11-8-24-9-12-25;3-2(4,5)1(6)7/h3-6,17,24H,1-2,7-14H2;(H,6,7). The number of carboxylic acids is 1. The van der Waals surface area contributed by atoms with Crippen molar-refractivity contribution in [2.75, 3.05) is 45.9 Å². The van der Waals surface area contributed by atoms with Crippen LogP contribution in [0.25, 0.3) is 0 Å². The predicted molar refractivity (Wildman–Crippen MR) is 114 cm³/mol. The summed E-state index contributed by atoms with van der Waals surface area (Å²) in [6.07, 6.45) is -7.73. The van der Waals surface area contributed by atoms with E-state index in [2.05, 4.69) is 5.32 Å². The van der Waals surface area contributed by atoms with Gasteiger partial charge < -0.3 is 25.0 Å². The summed E-state index contributed by atoms with van der Waals surface area (Å²) in [5, 5.41) is 10.3. The number of ether oxygens (including phenoxy) is 1. The summed E-state index contributed by atoms with van der Waals surface area (Å²) < 4.78 is 75.7. The molecule has 1 aromatic rings. The molecule has 1 aromatic carbocycles. The average Bonchev–Trinajstić information content (AvgIpc) is 3.34. The van der Waals surface area contributed by atoms with Crippen LogP contribution in [0.4, 0.5) is 26.3 Å². The van der Waals surface area contributed by atoms with Crippen LogP contribution in [0.3, 0.4) is 0 Å². The second-order valence-electron chi connectivity index (χ2n) is 8.15. The van der Waals surface area contributed by atoms with Gasteiger partial charge in [-0.05, 0) is 37.1 Å². The van der Waals surface area contributed by atoms with Crippen LogP contribution in [0.5, 0.6) is 0 Å². The summed E-state index contributed by atoms with van der Waals surface area (Å²) in [4.78, 5) is 37.6. The number of amides is 2. The molecular weight excluding hydrogens is 500 g/mol. The van der Waals surface area contributed by atoms with Crippen LogP contribution in [-0.4, -0.2) is 90.8 Å². The number of carbonyl (C=O) groups is 3. The van der Waals surface area contributed by atoms with Crippen LogP contribution < -0.4 is 5.32 Å². The molecule has 0 spiro atoms. The maximum atomic E-state index is 12.9. The van der Waals surface area contributed by atoms with Crippen LogP contribution in [0.2, 0.25) is 0 Å². The first-order valence-electron chi connectivity index (χ1n) is 11.2. The van der Waals surface area contributed by atoms with Gasteiger partial charge in [-0.25, -0.2) is 4.79 Å². The summed E-state index contributed by atoms with van der Waals surface area (Å²) >= 11 is 0. The highest BCUT2D eigenvalue weighted by atomic mass is 19.4. The van der Waals surface area contributed by atoms with Gasteiger partial charge in [-0.2, -0.15) is 26.3 Å². The van der Waals surface area contributed by atoms with Crippen LogP contribution in [0.15, 0.2) is 24.3 Å². The molecule has 2 fully saturated rings. The monoisotopic (exact) mass is 527 g/mol. The Balaban J connectivity index is 0.000000572. The lowest BCUT2D eigenvalue weighted by molar-refractivity contribution is -0.192. The van der Waals surface area contributed by atoms with Gasteiger partial charge in [-0.15, -0.1) is 0 Å². The summed E-state index contributed by atoms with van der Waals surface area (Å²) in [5.74, 6) is -3.17. The molecule has 0 bridgehead atoms. The van der Waals surface area contributed by atoms with Crippen molar-refractivity contribution in [3.8, 4) is 0 Å². The third kappa shape index (κ3) is 9.30. The number of carbonyl (C=O) groups excluding carboxylic acids is 2. The predicted octanol–water partition coefficient (Wildman–Crippen LogP) is 2.78. The number of hydrogen-bond donors (Lipinski definition) is 2. The van der Waals surface area contributed by atoms with E-state index in [4.69, 9.17) is 14.6 Å². The lowest BCUT2D eigenvalue weighted by Crippen LogP contribution is -2.47. The first kappa shape index (κ1) is 29.4. The molecule has 0 aliphatic carbocycles. The maximum Gasteiger partial charge on any atom is 0.490 e. The Labute approximate surface area is 203 Å². The summed E-state index contributed by atoms with van der Waals surface area (Å²) in [6.45, 7) is 3.93. The van der Waals surface area contributed by atoms with Crippen LogP contribution in [0.1, 0.15) is 35.2 Å². The molecule has 0 saturated carbocycles. The van der Waals surface area contributed by atoms with Crippen molar-refractivity contribution in [3.63, 3.8) is 0 Å². The molecular formula is C22H27F6N3O5. The van der Waals surface area contributed by atoms with E-state index in [0.29, 0.717) is 26.2 Å². The molecule has 36 heavy (non-hydrogen) atoms. The maximum absolute atomic E-state index is 12.9. The Morgan fingerprint density at radius 3 is 2.11 bits per heavy atom. The molecule has 2 heterocycles. The first-order chi connectivity index (χ1) is 16.8. The van der Waals surface area contributed by atoms with Crippen molar-refractivity contribution >= 4 is 17.8 Å². The SMILES string of the molecule is O=C(CCN(CC1CCCO1)C(=O)c1ccc(C(F)(F)F)cc1)N1CCNCC1.O=C(O)C(F)(F)F. The molecule has 14 heteroatoms. The fraction of sp³-hybridized carbons (Fsp3) is 0.591. The minimum Gasteiger partial charge on any atom is -0.475 e. The fourth-order valence-electron chi connectivity index (χ4n) is 3.60. The van der Waals surface area contributed by atoms with Gasteiger partial charge in [-0.3, -0.25) is 9.59 Å². The number of alkyl halides is 6. The number of aliphatic carboxylic acids is 1. The number of hydrogen-bond acceptors (Lipinski definition) is 5. The molecule has 3 rings (SSSR count). The molecule has 2 saturated heterocycles. The lowest BCUT2D eigenvalue weighted by atomic mass is 10.1. The second kappa shape index (κ2) is 12.9. The zero-order valence-corrected chi connectivity index (χ0v) is 19.2. The van der Waals surface area contributed by atoms with Crippen molar-refractivity contribution < 1.29 is 50.6 Å². The number of nitrogens with one attached hydrogen (secondary N) is 1. The van der Waals surface area contributed by atoms with E-state index in [-0.39, 0.29) is 36.4 Å². The number of halogens is 6. The zero-order valence-electron chi connectivity index (χ0n) is 19.2. The van der Waals surface area contributed by atoms with E-state index in [1.807, 2.05) is 0 Å². The van der Waals surface area contributed by atoms with Crippen molar-refractivity contribution in [2.24, 2.45) is 0 Å². The van der Waals surface area contributed by atoms with E-state index in [0.717, 1.165) is 38.1 Å². The molecule has 2 aliphatic rings. The average molecular weight is 527 g/mol. The third-order valence-corrected chi connectivity index (χ3v) is 5.50. The fourth-order valence-corrected chi connectivity index (χ4v) is 3.60. The van der Waals surface area contributed by atoms with Crippen molar-refractivity contribution in [2.45, 2.75) is 37.7 Å². The highest BCUT2D eigenvalue weighted by molar-refractivity contribution is 5.94. The van der Waals surface area contributed by atoms with Gasteiger partial charge in [0.25, 0.3) is 5.91 Å². The van der Waals surface area contributed by atoms with Gasteiger partial charge in [0.15, 0.2) is 0 Å². The minimum absolute atomic E-state index is 0.0240. The summed E-state index contributed by atoms with van der Waals surface area (Å²) in [7, 11) is 0. The lowest BCUT2D eigenvalue weighted by Gasteiger charge is -2.30. The van der Waals surface area contributed by atoms with Crippen LogP contribution in [0, 0.1) is 0 Å². The molecule has 2 amide bonds. The Morgan fingerprint density at radius 2 is 1.64 bits per heavy atom. The second-order valence-corrected chi connectivity index (χ2v) is 8.15. The molecule has 1 atom stereocenters. The van der Waals surface area contributed by atoms with E-state index < -0.39 is 23.9 Å². The van der Waals surface area contributed by atoms with E-state index in [1.54, 1.807) is 4.90 Å². The minimum atomic E-state index is -5.08. The number of piperazine rings is 1. The van der Waals surface area contributed by atoms with Gasteiger partial charge in [0.1, 0.15) is 0 Å². The molecule has 2 N–H and O–H groups in total. The molecule has 1 unspecified atom stereocenters. The number of benzene rings is 1. The van der Waals surface area contributed by atoms with Gasteiger partial charge >= 0.3 is 18.3 Å². The number of carboxylic acid groups (broad SMARTS) is 1. The Hall–Kier alpha value is -2.87. The van der Waals surface area contributed by atoms with Crippen molar-refractivity contribution in [3.05, 3.63) is 35.4 Å². The van der Waals surface area contributed by atoms with Crippen LogP contribution in [-0.2, 0) is 20.5 Å². The van der Waals surface area contributed by atoms with Crippen molar-refractivity contribution in [1.82, 2.24) is 15.1 Å². The third-order valence-electron chi connectivity index (χ3n) is 5.50. The Morgan fingerprint density at radius 1 is 1.06 bits per heavy atom. The molecule has 0 radical (unpaired) electrons. The molecule has 0 aromatic heterocycles. The van der Waals surface area contributed by atoms with Gasteiger partial charge in [0, 0.05) is 57.9 Å². The first-order valence-corrected chi connectivity index (χ1v) is 11.2. The van der Waals surface area contributed by atoms with Gasteiger partial charge in [0.2, 0.25) is 5.91 Å². The Bertz CT molecular complexity index is 880. The molecule has 202 valence electrons. The smallest absolute Gasteiger partial charge is 0.475 e. The highest BCUT2D eigenvalue weighted by Crippen LogP contribution is 2.29. The summed E-state index contributed by atoms with van der Waals surface area (Å²) in [5.41, 5.74) is -0.626. The van der Waals surface area contributed by atoms with E-state index >= 15 is 0 Å². The Kier molecular flexibility index (Phi) is 10.5. The molecule has 8 nitrogen and oxygen atoms in total.